The maximum atomic E-state index is 14.2. The van der Waals surface area contributed by atoms with Crippen molar-refractivity contribution in [1.29, 1.82) is 0 Å². The minimum atomic E-state index is -0.640. The van der Waals surface area contributed by atoms with Crippen molar-refractivity contribution in [3.8, 4) is 5.75 Å². The number of benzene rings is 2. The van der Waals surface area contributed by atoms with E-state index in [4.69, 9.17) is 5.10 Å². The van der Waals surface area contributed by atoms with Crippen molar-refractivity contribution in [2.75, 3.05) is 30.8 Å². The Hall–Kier alpha value is -3.70. The number of hydrogen-bond acceptors (Lipinski definition) is 7. The van der Waals surface area contributed by atoms with Crippen LogP contribution in [0.2, 0.25) is 0 Å². The summed E-state index contributed by atoms with van der Waals surface area (Å²) in [6.07, 6.45) is 6.16. The van der Waals surface area contributed by atoms with Crippen molar-refractivity contribution in [3.63, 3.8) is 0 Å². The zero-order chi connectivity index (χ0) is 27.8. The highest BCUT2D eigenvalue weighted by Crippen LogP contribution is 2.39. The van der Waals surface area contributed by atoms with Crippen LogP contribution in [0.1, 0.15) is 46.9 Å². The van der Waals surface area contributed by atoms with Crippen molar-refractivity contribution in [1.82, 2.24) is 24.8 Å². The van der Waals surface area contributed by atoms with Gasteiger partial charge in [-0.1, -0.05) is 6.07 Å². The van der Waals surface area contributed by atoms with Crippen LogP contribution in [-0.2, 0) is 6.54 Å². The van der Waals surface area contributed by atoms with E-state index in [2.05, 4.69) is 20.1 Å². The molecule has 0 aliphatic carbocycles. The molecule has 2 fully saturated rings. The topological polar surface area (TPSA) is 86.0 Å². The molecule has 1 unspecified atom stereocenters. The second-order valence-electron chi connectivity index (χ2n) is 10.3. The number of fused-ring (bicyclic) bond motifs is 1. The largest absolute Gasteiger partial charge is 0.505 e. The first kappa shape index (κ1) is 26.5. The Morgan fingerprint density at radius 3 is 2.83 bits per heavy atom. The minimum absolute atomic E-state index is 0.00334. The van der Waals surface area contributed by atoms with E-state index in [0.29, 0.717) is 30.2 Å². The van der Waals surface area contributed by atoms with Gasteiger partial charge in [-0.2, -0.15) is 0 Å². The summed E-state index contributed by atoms with van der Waals surface area (Å²) in [4.78, 5) is 23.1. The van der Waals surface area contributed by atoms with Crippen LogP contribution < -0.4 is 10.2 Å². The van der Waals surface area contributed by atoms with Crippen molar-refractivity contribution in [2.45, 2.75) is 42.8 Å². The highest BCUT2D eigenvalue weighted by Gasteiger charge is 2.30. The summed E-state index contributed by atoms with van der Waals surface area (Å²) in [7, 11) is 0. The van der Waals surface area contributed by atoms with E-state index in [0.717, 1.165) is 48.4 Å². The molecule has 6 rings (SSSR count). The van der Waals surface area contributed by atoms with Gasteiger partial charge in [0.2, 0.25) is 0 Å². The molecule has 8 nitrogen and oxygen atoms in total. The van der Waals surface area contributed by atoms with Gasteiger partial charge in [0.25, 0.3) is 5.91 Å². The van der Waals surface area contributed by atoms with Crippen LogP contribution >= 0.6 is 11.8 Å². The van der Waals surface area contributed by atoms with Gasteiger partial charge in [-0.25, -0.2) is 18.3 Å². The van der Waals surface area contributed by atoms with Crippen LogP contribution in [0.3, 0.4) is 0 Å². The fraction of sp³-hybridized carbons (Fsp3) is 0.345. The number of aromatic nitrogens is 3. The van der Waals surface area contributed by atoms with Gasteiger partial charge >= 0.3 is 0 Å². The molecule has 2 aromatic heterocycles. The normalized spacial score (nSPS) is 19.5. The number of carbonyl (C=O) groups excluding carboxylic acids is 1. The van der Waals surface area contributed by atoms with E-state index < -0.39 is 5.82 Å². The zero-order valence-electron chi connectivity index (χ0n) is 22.1. The molecular formula is C29H30F2N6O2S. The lowest BCUT2D eigenvalue weighted by atomic mass is 10.0. The van der Waals surface area contributed by atoms with Crippen LogP contribution in [0, 0.1) is 11.6 Å². The van der Waals surface area contributed by atoms with Crippen LogP contribution in [0.4, 0.5) is 14.6 Å². The predicted octanol–water partition coefficient (Wildman–Crippen LogP) is 4.78. The number of thioether (sulfide) groups is 1. The Labute approximate surface area is 235 Å². The third kappa shape index (κ3) is 5.23. The number of phenols is 1. The summed E-state index contributed by atoms with van der Waals surface area (Å²) >= 11 is 1.60. The van der Waals surface area contributed by atoms with E-state index in [9.17, 15) is 18.7 Å². The highest BCUT2D eigenvalue weighted by atomic mass is 32.2. The van der Waals surface area contributed by atoms with Crippen molar-refractivity contribution < 1.29 is 18.7 Å². The Kier molecular flexibility index (Phi) is 7.33. The molecule has 208 valence electrons. The van der Waals surface area contributed by atoms with Crippen molar-refractivity contribution in [3.05, 3.63) is 83.2 Å². The highest BCUT2D eigenvalue weighted by molar-refractivity contribution is 7.98. The summed E-state index contributed by atoms with van der Waals surface area (Å²) in [6.45, 7) is 2.75. The second kappa shape index (κ2) is 11.1. The molecule has 0 saturated carbocycles. The van der Waals surface area contributed by atoms with Crippen molar-refractivity contribution >= 4 is 29.1 Å². The monoisotopic (exact) mass is 564 g/mol. The van der Waals surface area contributed by atoms with E-state index in [-0.39, 0.29) is 29.6 Å². The zero-order valence-corrected chi connectivity index (χ0v) is 22.9. The lowest BCUT2D eigenvalue weighted by Gasteiger charge is -2.27. The van der Waals surface area contributed by atoms with Gasteiger partial charge in [0.05, 0.1) is 12.2 Å². The Balaban J connectivity index is 1.17. The maximum absolute atomic E-state index is 14.2. The van der Waals surface area contributed by atoms with Gasteiger partial charge in [-0.15, -0.1) is 16.9 Å². The maximum Gasteiger partial charge on any atom is 0.271 e. The number of halogens is 2. The molecule has 2 atom stereocenters. The van der Waals surface area contributed by atoms with E-state index in [1.807, 2.05) is 24.5 Å². The number of likely N-dealkylation sites (tertiary alicyclic amines) is 1. The molecule has 0 radical (unpaired) electrons. The molecule has 11 heteroatoms. The molecule has 0 spiro atoms. The average molecular weight is 565 g/mol. The van der Waals surface area contributed by atoms with Crippen LogP contribution in [0.25, 0.3) is 5.65 Å². The van der Waals surface area contributed by atoms with Crippen LogP contribution in [-0.4, -0.2) is 62.4 Å². The molecule has 40 heavy (non-hydrogen) atoms. The number of carbonyl (C=O) groups is 1. The number of rotatable bonds is 7. The summed E-state index contributed by atoms with van der Waals surface area (Å²) in [6, 6.07) is 13.0. The molecule has 2 aromatic carbocycles. The Morgan fingerprint density at radius 2 is 2.00 bits per heavy atom. The Bertz CT molecular complexity index is 1560. The summed E-state index contributed by atoms with van der Waals surface area (Å²) in [5.74, 6) is -0.789. The molecule has 1 amide bonds. The number of anilines is 1. The predicted molar refractivity (Wildman–Crippen MR) is 150 cm³/mol. The fourth-order valence-corrected chi connectivity index (χ4v) is 6.40. The number of hydrogen-bond donors (Lipinski definition) is 2. The van der Waals surface area contributed by atoms with Crippen LogP contribution in [0.15, 0.2) is 59.6 Å². The lowest BCUT2D eigenvalue weighted by molar-refractivity contribution is 0.0930. The van der Waals surface area contributed by atoms with Crippen molar-refractivity contribution in [2.24, 2.45) is 0 Å². The van der Waals surface area contributed by atoms with Gasteiger partial charge in [-0.05, 0) is 79.1 Å². The number of aromatic hydroxyl groups is 1. The first-order valence-electron chi connectivity index (χ1n) is 13.3. The first-order chi connectivity index (χ1) is 19.4. The van der Waals surface area contributed by atoms with Gasteiger partial charge in [-0.3, -0.25) is 9.69 Å². The quantitative estimate of drug-likeness (QED) is 0.313. The smallest absolute Gasteiger partial charge is 0.271 e. The number of amides is 1. The first-order valence-corrected chi connectivity index (χ1v) is 14.6. The summed E-state index contributed by atoms with van der Waals surface area (Å²) < 4.78 is 29.1. The minimum Gasteiger partial charge on any atom is -0.505 e. The second-order valence-corrected chi connectivity index (χ2v) is 11.2. The molecule has 2 N–H and O–H groups in total. The average Bonchev–Trinajstić information content (AvgIpc) is 3.70. The van der Waals surface area contributed by atoms with E-state index in [1.165, 1.54) is 24.4 Å². The summed E-state index contributed by atoms with van der Waals surface area (Å²) in [5, 5.41) is 17.6. The van der Waals surface area contributed by atoms with Gasteiger partial charge in [0, 0.05) is 37.1 Å². The standard InChI is InChI=1S/C29H30F2N6O2S/c1-40-26-7-5-19(30)14-21(26)23-3-2-11-36(23)28-9-8-27-32-15-24(37(27)34-28)29(39)33-20-10-12-35(17-20)16-18-4-6-22(31)25(38)13-18/h4-9,13-15,20,23,38H,2-3,10-12,16-17H2,1H3,(H,33,39)/t20?,23-/m1/s1. The number of phenolic OH excluding ortho intramolecular Hbond substituents is 1. The van der Waals surface area contributed by atoms with Gasteiger partial charge < -0.3 is 15.3 Å². The van der Waals surface area contributed by atoms with Gasteiger partial charge in [0.15, 0.2) is 22.9 Å². The fourth-order valence-electron chi connectivity index (χ4n) is 5.77. The Morgan fingerprint density at radius 1 is 1.12 bits per heavy atom. The molecule has 0 bridgehead atoms. The third-order valence-corrected chi connectivity index (χ3v) is 8.51. The molecule has 2 saturated heterocycles. The lowest BCUT2D eigenvalue weighted by Crippen LogP contribution is -2.37. The number of nitrogens with zero attached hydrogens (tertiary/aromatic N) is 5. The van der Waals surface area contributed by atoms with E-state index in [1.54, 1.807) is 28.4 Å². The molecule has 2 aliphatic rings. The number of nitrogens with one attached hydrogen (secondary N) is 1. The van der Waals surface area contributed by atoms with E-state index >= 15 is 0 Å². The molecule has 4 aromatic rings. The third-order valence-electron chi connectivity index (χ3n) is 7.70. The molecule has 4 heterocycles. The molecule has 2 aliphatic heterocycles. The summed E-state index contributed by atoms with van der Waals surface area (Å²) in [5.41, 5.74) is 2.69. The van der Waals surface area contributed by atoms with Gasteiger partial charge in [0.1, 0.15) is 11.6 Å². The number of imidazole rings is 1. The van der Waals surface area contributed by atoms with Crippen LogP contribution in [0.5, 0.6) is 5.75 Å². The SMILES string of the molecule is CSc1ccc(F)cc1[C@H]1CCCN1c1ccc2ncc(C(=O)NC3CCN(Cc4ccc(F)c(O)c4)C3)n2n1. The molecular weight excluding hydrogens is 534 g/mol.